The molecule has 0 spiro atoms. The molecule has 0 aromatic carbocycles. The summed E-state index contributed by atoms with van der Waals surface area (Å²) in [5.74, 6) is 0.479. The summed E-state index contributed by atoms with van der Waals surface area (Å²) in [5, 5.41) is 0. The van der Waals surface area contributed by atoms with Crippen LogP contribution in [0.25, 0.3) is 6.08 Å². The number of carbonyl (C=O) groups is 1. The zero-order valence-corrected chi connectivity index (χ0v) is 11.5. The van der Waals surface area contributed by atoms with Crippen molar-refractivity contribution < 1.29 is 17.6 Å². The summed E-state index contributed by atoms with van der Waals surface area (Å²) in [4.78, 5) is 13.5. The highest BCUT2D eigenvalue weighted by atomic mass is 32.2. The lowest BCUT2D eigenvalue weighted by molar-refractivity contribution is -0.127. The van der Waals surface area contributed by atoms with Crippen molar-refractivity contribution in [1.29, 1.82) is 0 Å². The lowest BCUT2D eigenvalue weighted by Gasteiger charge is -2.32. The van der Waals surface area contributed by atoms with Crippen LogP contribution >= 0.6 is 0 Å². The third kappa shape index (κ3) is 3.68. The van der Waals surface area contributed by atoms with Crippen molar-refractivity contribution in [2.45, 2.75) is 0 Å². The lowest BCUT2D eigenvalue weighted by Crippen LogP contribution is -2.49. The molecule has 2 heterocycles. The van der Waals surface area contributed by atoms with E-state index in [1.54, 1.807) is 23.1 Å². The molecule has 0 aliphatic carbocycles. The molecule has 19 heavy (non-hydrogen) atoms. The Morgan fingerprint density at radius 1 is 1.32 bits per heavy atom. The molecule has 2 rings (SSSR count). The summed E-state index contributed by atoms with van der Waals surface area (Å²) < 4.78 is 29.1. The van der Waals surface area contributed by atoms with Crippen molar-refractivity contribution in [2.24, 2.45) is 0 Å². The molecule has 0 N–H and O–H groups in total. The zero-order chi connectivity index (χ0) is 13.9. The molecular formula is C12H16N2O4S. The summed E-state index contributed by atoms with van der Waals surface area (Å²) in [5.41, 5.74) is 0. The zero-order valence-electron chi connectivity index (χ0n) is 10.7. The maximum Gasteiger partial charge on any atom is 0.246 e. The Bertz CT molecular complexity index is 555. The standard InChI is InChI=1S/C12H16N2O4S/c1-19(16,17)14-8-6-13(7-9-14)12(15)5-4-11-3-2-10-18-11/h2-5,10H,6-9H2,1H3/b5-4+. The normalized spacial score (nSPS) is 18.1. The van der Waals surface area contributed by atoms with E-state index in [9.17, 15) is 13.2 Å². The molecule has 104 valence electrons. The number of piperazine rings is 1. The van der Waals surface area contributed by atoms with Crippen LogP contribution in [0.5, 0.6) is 0 Å². The molecule has 1 aromatic heterocycles. The number of hydrogen-bond acceptors (Lipinski definition) is 4. The van der Waals surface area contributed by atoms with Gasteiger partial charge in [-0.25, -0.2) is 8.42 Å². The van der Waals surface area contributed by atoms with Gasteiger partial charge in [0.25, 0.3) is 0 Å². The predicted octanol–water partition coefficient (Wildman–Crippen LogP) is 0.397. The Kier molecular flexibility index (Phi) is 4.06. The smallest absolute Gasteiger partial charge is 0.246 e. The van der Waals surface area contributed by atoms with Crippen molar-refractivity contribution in [1.82, 2.24) is 9.21 Å². The molecular weight excluding hydrogens is 268 g/mol. The summed E-state index contributed by atoms with van der Waals surface area (Å²) in [7, 11) is -3.16. The van der Waals surface area contributed by atoms with Crippen LogP contribution in [0.3, 0.4) is 0 Å². The monoisotopic (exact) mass is 284 g/mol. The summed E-state index contributed by atoms with van der Waals surface area (Å²) in [6.45, 7) is 1.52. The molecule has 0 atom stereocenters. The van der Waals surface area contributed by atoms with Gasteiger partial charge >= 0.3 is 0 Å². The van der Waals surface area contributed by atoms with Gasteiger partial charge in [0.15, 0.2) is 0 Å². The first-order valence-electron chi connectivity index (χ1n) is 5.92. The van der Waals surface area contributed by atoms with Gasteiger partial charge in [-0.05, 0) is 18.2 Å². The second kappa shape index (κ2) is 5.58. The van der Waals surface area contributed by atoms with Crippen molar-refractivity contribution in [3.8, 4) is 0 Å². The van der Waals surface area contributed by atoms with Crippen LogP contribution in [-0.2, 0) is 14.8 Å². The Balaban J connectivity index is 1.89. The van der Waals surface area contributed by atoms with Gasteiger partial charge in [0.1, 0.15) is 5.76 Å². The van der Waals surface area contributed by atoms with E-state index in [1.807, 2.05) is 0 Å². The molecule has 1 amide bonds. The van der Waals surface area contributed by atoms with Gasteiger partial charge < -0.3 is 9.32 Å². The van der Waals surface area contributed by atoms with Gasteiger partial charge in [0, 0.05) is 32.3 Å². The molecule has 6 nitrogen and oxygen atoms in total. The largest absolute Gasteiger partial charge is 0.465 e. The third-order valence-corrected chi connectivity index (χ3v) is 4.26. The first kappa shape index (κ1) is 13.8. The van der Waals surface area contributed by atoms with E-state index in [4.69, 9.17) is 4.42 Å². The minimum Gasteiger partial charge on any atom is -0.465 e. The third-order valence-electron chi connectivity index (χ3n) is 2.95. The van der Waals surface area contributed by atoms with Crippen LogP contribution in [-0.4, -0.2) is 56.0 Å². The van der Waals surface area contributed by atoms with Crippen molar-refractivity contribution in [3.05, 3.63) is 30.2 Å². The van der Waals surface area contributed by atoms with Crippen LogP contribution in [0, 0.1) is 0 Å². The highest BCUT2D eigenvalue weighted by Crippen LogP contribution is 2.08. The molecule has 1 aliphatic heterocycles. The van der Waals surface area contributed by atoms with E-state index in [0.717, 1.165) is 0 Å². The average Bonchev–Trinajstić information content (AvgIpc) is 2.88. The van der Waals surface area contributed by atoms with E-state index in [-0.39, 0.29) is 5.91 Å². The molecule has 1 aliphatic rings. The number of nitrogens with zero attached hydrogens (tertiary/aromatic N) is 2. The molecule has 0 radical (unpaired) electrons. The highest BCUT2D eigenvalue weighted by Gasteiger charge is 2.24. The second-order valence-corrected chi connectivity index (χ2v) is 6.32. The van der Waals surface area contributed by atoms with Crippen molar-refractivity contribution in [3.63, 3.8) is 0 Å². The Labute approximate surface area is 112 Å². The summed E-state index contributed by atoms with van der Waals surface area (Å²) in [6.07, 6.45) is 5.76. The van der Waals surface area contributed by atoms with Gasteiger partial charge in [-0.2, -0.15) is 4.31 Å². The van der Waals surface area contributed by atoms with Crippen LogP contribution in [0.2, 0.25) is 0 Å². The predicted molar refractivity (Wildman–Crippen MR) is 70.7 cm³/mol. The summed E-state index contributed by atoms with van der Waals surface area (Å²) >= 11 is 0. The topological polar surface area (TPSA) is 70.8 Å². The van der Waals surface area contributed by atoms with Crippen molar-refractivity contribution in [2.75, 3.05) is 32.4 Å². The molecule has 1 aromatic rings. The fraction of sp³-hybridized carbons (Fsp3) is 0.417. The van der Waals surface area contributed by atoms with E-state index >= 15 is 0 Å². The Morgan fingerprint density at radius 2 is 2.00 bits per heavy atom. The number of furan rings is 1. The summed E-state index contributed by atoms with van der Waals surface area (Å²) in [6, 6.07) is 3.50. The maximum atomic E-state index is 11.9. The fourth-order valence-corrected chi connectivity index (χ4v) is 2.71. The van der Waals surface area contributed by atoms with Crippen LogP contribution in [0.4, 0.5) is 0 Å². The number of carbonyl (C=O) groups excluding carboxylic acids is 1. The van der Waals surface area contributed by atoms with Crippen LogP contribution in [0.15, 0.2) is 28.9 Å². The molecule has 0 unspecified atom stereocenters. The second-order valence-electron chi connectivity index (χ2n) is 4.34. The molecule has 1 fully saturated rings. The fourth-order valence-electron chi connectivity index (χ4n) is 1.89. The minimum atomic E-state index is -3.16. The van der Waals surface area contributed by atoms with E-state index in [2.05, 4.69) is 0 Å². The maximum absolute atomic E-state index is 11.9. The molecule has 1 saturated heterocycles. The quantitative estimate of drug-likeness (QED) is 0.753. The number of sulfonamides is 1. The SMILES string of the molecule is CS(=O)(=O)N1CCN(C(=O)/C=C/c2ccco2)CC1. The average molecular weight is 284 g/mol. The molecule has 0 saturated carbocycles. The molecule has 0 bridgehead atoms. The Morgan fingerprint density at radius 3 is 2.53 bits per heavy atom. The van der Waals surface area contributed by atoms with Crippen LogP contribution < -0.4 is 0 Å². The van der Waals surface area contributed by atoms with Crippen molar-refractivity contribution >= 4 is 22.0 Å². The van der Waals surface area contributed by atoms with Gasteiger partial charge in [-0.1, -0.05) is 0 Å². The van der Waals surface area contributed by atoms with Crippen LogP contribution in [0.1, 0.15) is 5.76 Å². The van der Waals surface area contributed by atoms with Gasteiger partial charge in [0.2, 0.25) is 15.9 Å². The Hall–Kier alpha value is -1.60. The minimum absolute atomic E-state index is 0.135. The number of hydrogen-bond donors (Lipinski definition) is 0. The number of amides is 1. The number of rotatable bonds is 3. The van der Waals surface area contributed by atoms with E-state index in [0.29, 0.717) is 31.9 Å². The van der Waals surface area contributed by atoms with E-state index < -0.39 is 10.0 Å². The van der Waals surface area contributed by atoms with Gasteiger partial charge in [-0.15, -0.1) is 0 Å². The van der Waals surface area contributed by atoms with Gasteiger partial charge in [-0.3, -0.25) is 4.79 Å². The highest BCUT2D eigenvalue weighted by molar-refractivity contribution is 7.88. The van der Waals surface area contributed by atoms with E-state index in [1.165, 1.54) is 22.9 Å². The first-order chi connectivity index (χ1) is 8.97. The lowest BCUT2D eigenvalue weighted by atomic mass is 10.3. The first-order valence-corrected chi connectivity index (χ1v) is 7.77. The molecule has 7 heteroatoms. The van der Waals surface area contributed by atoms with Gasteiger partial charge in [0.05, 0.1) is 12.5 Å².